The van der Waals surface area contributed by atoms with E-state index in [1.54, 1.807) is 0 Å². The second kappa shape index (κ2) is 8.50. The molecule has 1 fully saturated rings. The molecule has 0 bridgehead atoms. The van der Waals surface area contributed by atoms with Gasteiger partial charge in [0.1, 0.15) is 0 Å². The Bertz CT molecular complexity index is 689. The average molecular weight is 343 g/mol. The van der Waals surface area contributed by atoms with E-state index in [0.717, 1.165) is 24.5 Å². The molecule has 1 unspecified atom stereocenters. The van der Waals surface area contributed by atoms with Crippen molar-refractivity contribution in [3.63, 3.8) is 0 Å². The summed E-state index contributed by atoms with van der Waals surface area (Å²) in [6, 6.07) is 10.2. The van der Waals surface area contributed by atoms with Gasteiger partial charge in [0.05, 0.1) is 6.10 Å². The molecule has 5 heteroatoms. The third-order valence-corrected chi connectivity index (χ3v) is 5.14. The standard InChI is InChI=1S/C20H29N3O2/c1-16-6-10-22(11-7-16)15-18(24)14-21-20(25)9-13-23-12-8-17-4-2-3-5-19(17)23/h2-5,8,12,16,18,24H,6-7,9-11,13-15H2,1H3,(H,21,25). The zero-order chi connectivity index (χ0) is 17.6. The zero-order valence-corrected chi connectivity index (χ0v) is 15.0. The van der Waals surface area contributed by atoms with Gasteiger partial charge in [-0.1, -0.05) is 25.1 Å². The van der Waals surface area contributed by atoms with Crippen LogP contribution in [0.25, 0.3) is 10.9 Å². The van der Waals surface area contributed by atoms with Gasteiger partial charge in [-0.15, -0.1) is 0 Å². The average Bonchev–Trinajstić information content (AvgIpc) is 3.03. The summed E-state index contributed by atoms with van der Waals surface area (Å²) in [5, 5.41) is 14.2. The number of carbonyl (C=O) groups excluding carboxylic acids is 1. The van der Waals surface area contributed by atoms with Crippen molar-refractivity contribution >= 4 is 16.8 Å². The molecular weight excluding hydrogens is 314 g/mol. The highest BCUT2D eigenvalue weighted by Gasteiger charge is 2.18. The number of aliphatic hydroxyl groups excluding tert-OH is 1. The first kappa shape index (κ1) is 18.0. The van der Waals surface area contributed by atoms with E-state index in [2.05, 4.69) is 39.9 Å². The van der Waals surface area contributed by atoms with E-state index in [1.165, 1.54) is 18.2 Å². The predicted molar refractivity (Wildman–Crippen MR) is 100 cm³/mol. The quantitative estimate of drug-likeness (QED) is 0.811. The van der Waals surface area contributed by atoms with Crippen LogP contribution in [0.4, 0.5) is 0 Å². The number of rotatable bonds is 7. The molecule has 0 spiro atoms. The third kappa shape index (κ3) is 5.06. The Hall–Kier alpha value is -1.85. The van der Waals surface area contributed by atoms with Gasteiger partial charge in [0, 0.05) is 37.8 Å². The molecule has 1 atom stereocenters. The van der Waals surface area contributed by atoms with Crippen molar-refractivity contribution in [2.45, 2.75) is 38.8 Å². The summed E-state index contributed by atoms with van der Waals surface area (Å²) in [6.07, 6.45) is 4.34. The lowest BCUT2D eigenvalue weighted by atomic mass is 9.99. The van der Waals surface area contributed by atoms with E-state index in [1.807, 2.05) is 18.3 Å². The number of hydrogen-bond donors (Lipinski definition) is 2. The number of para-hydroxylation sites is 1. The number of carbonyl (C=O) groups is 1. The molecule has 1 aromatic heterocycles. The second-order valence-corrected chi connectivity index (χ2v) is 7.26. The lowest BCUT2D eigenvalue weighted by molar-refractivity contribution is -0.121. The smallest absolute Gasteiger partial charge is 0.221 e. The van der Waals surface area contributed by atoms with E-state index in [9.17, 15) is 9.90 Å². The summed E-state index contributed by atoms with van der Waals surface area (Å²) in [6.45, 7) is 6.01. The number of hydrogen-bond acceptors (Lipinski definition) is 3. The largest absolute Gasteiger partial charge is 0.390 e. The van der Waals surface area contributed by atoms with Crippen molar-refractivity contribution in [3.8, 4) is 0 Å². The van der Waals surface area contributed by atoms with Gasteiger partial charge in [-0.3, -0.25) is 4.79 Å². The third-order valence-electron chi connectivity index (χ3n) is 5.14. The molecule has 136 valence electrons. The number of nitrogens with zero attached hydrogens (tertiary/aromatic N) is 2. The summed E-state index contributed by atoms with van der Waals surface area (Å²) in [7, 11) is 0. The van der Waals surface area contributed by atoms with Crippen molar-refractivity contribution in [1.29, 1.82) is 0 Å². The molecule has 1 aliphatic heterocycles. The van der Waals surface area contributed by atoms with Gasteiger partial charge in [-0.2, -0.15) is 0 Å². The second-order valence-electron chi connectivity index (χ2n) is 7.26. The van der Waals surface area contributed by atoms with Gasteiger partial charge < -0.3 is 19.9 Å². The van der Waals surface area contributed by atoms with Crippen LogP contribution in [0, 0.1) is 5.92 Å². The maximum atomic E-state index is 12.1. The Morgan fingerprint density at radius 2 is 2.04 bits per heavy atom. The van der Waals surface area contributed by atoms with Crippen molar-refractivity contribution < 1.29 is 9.90 Å². The number of benzene rings is 1. The van der Waals surface area contributed by atoms with E-state index < -0.39 is 6.10 Å². The molecule has 1 aromatic carbocycles. The van der Waals surface area contributed by atoms with E-state index >= 15 is 0 Å². The van der Waals surface area contributed by atoms with Gasteiger partial charge in [0.25, 0.3) is 0 Å². The molecule has 5 nitrogen and oxygen atoms in total. The summed E-state index contributed by atoms with van der Waals surface area (Å²) in [5.41, 5.74) is 1.15. The minimum absolute atomic E-state index is 0.0101. The Balaban J connectivity index is 1.38. The van der Waals surface area contributed by atoms with Gasteiger partial charge in [-0.25, -0.2) is 0 Å². The normalized spacial score (nSPS) is 17.7. The molecule has 1 saturated heterocycles. The van der Waals surface area contributed by atoms with Crippen LogP contribution in [0.15, 0.2) is 36.5 Å². The van der Waals surface area contributed by atoms with E-state index in [4.69, 9.17) is 0 Å². The maximum absolute atomic E-state index is 12.1. The van der Waals surface area contributed by atoms with E-state index in [0.29, 0.717) is 26.1 Å². The number of piperidine rings is 1. The SMILES string of the molecule is CC1CCN(CC(O)CNC(=O)CCn2ccc3ccccc32)CC1. The summed E-state index contributed by atoms with van der Waals surface area (Å²) in [5.74, 6) is 0.780. The highest BCUT2D eigenvalue weighted by Crippen LogP contribution is 2.16. The number of β-amino-alcohol motifs (C(OH)–C–C–N with tert-alkyl or cyclic N) is 1. The van der Waals surface area contributed by atoms with Crippen molar-refractivity contribution in [2.24, 2.45) is 5.92 Å². The Kier molecular flexibility index (Phi) is 6.10. The Morgan fingerprint density at radius 1 is 1.28 bits per heavy atom. The molecule has 3 rings (SSSR count). The minimum atomic E-state index is -0.496. The van der Waals surface area contributed by atoms with Crippen LogP contribution in [-0.4, -0.2) is 52.8 Å². The minimum Gasteiger partial charge on any atom is -0.390 e. The molecule has 2 N–H and O–H groups in total. The Morgan fingerprint density at radius 3 is 2.84 bits per heavy atom. The lowest BCUT2D eigenvalue weighted by Crippen LogP contribution is -2.43. The van der Waals surface area contributed by atoms with Crippen LogP contribution in [0.1, 0.15) is 26.2 Å². The zero-order valence-electron chi connectivity index (χ0n) is 15.0. The van der Waals surface area contributed by atoms with Crippen LogP contribution in [0.2, 0.25) is 0 Å². The fraction of sp³-hybridized carbons (Fsp3) is 0.550. The van der Waals surface area contributed by atoms with Crippen molar-refractivity contribution in [3.05, 3.63) is 36.5 Å². The van der Waals surface area contributed by atoms with Crippen LogP contribution in [0.3, 0.4) is 0 Å². The van der Waals surface area contributed by atoms with Gasteiger partial charge in [-0.05, 0) is 49.4 Å². The van der Waals surface area contributed by atoms with Crippen molar-refractivity contribution in [1.82, 2.24) is 14.8 Å². The molecule has 0 aliphatic carbocycles. The number of aliphatic hydroxyl groups is 1. The first-order chi connectivity index (χ1) is 12.1. The van der Waals surface area contributed by atoms with Gasteiger partial charge in [0.15, 0.2) is 0 Å². The van der Waals surface area contributed by atoms with Crippen molar-refractivity contribution in [2.75, 3.05) is 26.2 Å². The van der Waals surface area contributed by atoms with Crippen LogP contribution in [-0.2, 0) is 11.3 Å². The van der Waals surface area contributed by atoms with Crippen LogP contribution < -0.4 is 5.32 Å². The highest BCUT2D eigenvalue weighted by atomic mass is 16.3. The molecule has 0 saturated carbocycles. The molecular formula is C20H29N3O2. The molecule has 2 heterocycles. The molecule has 1 amide bonds. The Labute approximate surface area is 149 Å². The number of aryl methyl sites for hydroxylation is 1. The molecule has 0 radical (unpaired) electrons. The first-order valence-electron chi connectivity index (χ1n) is 9.33. The number of fused-ring (bicyclic) bond motifs is 1. The molecule has 2 aromatic rings. The first-order valence-corrected chi connectivity index (χ1v) is 9.33. The number of aromatic nitrogens is 1. The number of likely N-dealkylation sites (tertiary alicyclic amines) is 1. The molecule has 1 aliphatic rings. The van der Waals surface area contributed by atoms with Gasteiger partial charge in [0.2, 0.25) is 5.91 Å². The van der Waals surface area contributed by atoms with Crippen LogP contribution >= 0.6 is 0 Å². The lowest BCUT2D eigenvalue weighted by Gasteiger charge is -2.31. The van der Waals surface area contributed by atoms with Gasteiger partial charge >= 0.3 is 0 Å². The summed E-state index contributed by atoms with van der Waals surface area (Å²) < 4.78 is 2.10. The fourth-order valence-corrected chi connectivity index (χ4v) is 3.48. The highest BCUT2D eigenvalue weighted by molar-refractivity contribution is 5.80. The van der Waals surface area contributed by atoms with Crippen LogP contribution in [0.5, 0.6) is 0 Å². The number of amides is 1. The molecule has 25 heavy (non-hydrogen) atoms. The maximum Gasteiger partial charge on any atom is 0.221 e. The summed E-state index contributed by atoms with van der Waals surface area (Å²) in [4.78, 5) is 14.4. The fourth-order valence-electron chi connectivity index (χ4n) is 3.48. The topological polar surface area (TPSA) is 57.5 Å². The predicted octanol–water partition coefficient (Wildman–Crippen LogP) is 2.24. The monoisotopic (exact) mass is 343 g/mol. The van der Waals surface area contributed by atoms with E-state index in [-0.39, 0.29) is 5.91 Å². The summed E-state index contributed by atoms with van der Waals surface area (Å²) >= 11 is 0. The number of nitrogens with one attached hydrogen (secondary N) is 1.